The highest BCUT2D eigenvalue weighted by molar-refractivity contribution is 9.10. The van der Waals surface area contributed by atoms with Gasteiger partial charge in [-0.25, -0.2) is 4.39 Å². The van der Waals surface area contributed by atoms with Gasteiger partial charge in [0, 0.05) is 10.5 Å². The summed E-state index contributed by atoms with van der Waals surface area (Å²) in [7, 11) is 0. The van der Waals surface area contributed by atoms with Gasteiger partial charge in [0.1, 0.15) is 5.82 Å². The Balaban J connectivity index is 2.15. The second-order valence-corrected chi connectivity index (χ2v) is 5.72. The SMILES string of the molecule is Fc1cc(Br)ccc1NC1CCCCC1C(F)(F)F. The van der Waals surface area contributed by atoms with Crippen molar-refractivity contribution in [3.63, 3.8) is 0 Å². The molecular formula is C13H14BrF4N. The van der Waals surface area contributed by atoms with E-state index in [0.717, 1.165) is 6.42 Å². The lowest BCUT2D eigenvalue weighted by molar-refractivity contribution is -0.184. The van der Waals surface area contributed by atoms with Gasteiger partial charge in [0.15, 0.2) is 0 Å². The summed E-state index contributed by atoms with van der Waals surface area (Å²) in [5.41, 5.74) is 0.129. The van der Waals surface area contributed by atoms with E-state index in [-0.39, 0.29) is 12.1 Å². The minimum absolute atomic E-state index is 0.110. The average Bonchev–Trinajstić information content (AvgIpc) is 2.32. The molecule has 0 bridgehead atoms. The summed E-state index contributed by atoms with van der Waals surface area (Å²) in [5.74, 6) is -1.94. The Bertz CT molecular complexity index is 447. The summed E-state index contributed by atoms with van der Waals surface area (Å²) >= 11 is 3.12. The lowest BCUT2D eigenvalue weighted by Crippen LogP contribution is -2.41. The number of hydrogen-bond donors (Lipinski definition) is 1. The number of alkyl halides is 3. The molecule has 6 heteroatoms. The summed E-state index contributed by atoms with van der Waals surface area (Å²) < 4.78 is 53.0. The first-order valence-electron chi connectivity index (χ1n) is 6.16. The van der Waals surface area contributed by atoms with E-state index in [2.05, 4.69) is 21.2 Å². The number of benzene rings is 1. The normalized spacial score (nSPS) is 24.3. The summed E-state index contributed by atoms with van der Waals surface area (Å²) in [4.78, 5) is 0. The summed E-state index contributed by atoms with van der Waals surface area (Å²) in [6, 6.07) is 3.57. The quantitative estimate of drug-likeness (QED) is 0.737. The van der Waals surface area contributed by atoms with E-state index >= 15 is 0 Å². The molecule has 106 valence electrons. The molecule has 0 saturated heterocycles. The van der Waals surface area contributed by atoms with Crippen molar-refractivity contribution in [1.29, 1.82) is 0 Å². The zero-order valence-corrected chi connectivity index (χ0v) is 11.7. The van der Waals surface area contributed by atoms with E-state index in [1.807, 2.05) is 0 Å². The maximum Gasteiger partial charge on any atom is 0.393 e. The molecule has 2 unspecified atom stereocenters. The smallest absolute Gasteiger partial charge is 0.379 e. The third-order valence-corrected chi connectivity index (χ3v) is 3.95. The molecule has 0 aliphatic heterocycles. The topological polar surface area (TPSA) is 12.0 Å². The van der Waals surface area contributed by atoms with Crippen LogP contribution in [0, 0.1) is 11.7 Å². The number of halogens is 5. The fraction of sp³-hybridized carbons (Fsp3) is 0.538. The minimum Gasteiger partial charge on any atom is -0.379 e. The van der Waals surface area contributed by atoms with Crippen LogP contribution >= 0.6 is 15.9 Å². The van der Waals surface area contributed by atoms with Gasteiger partial charge in [0.2, 0.25) is 0 Å². The van der Waals surface area contributed by atoms with Crippen molar-refractivity contribution in [2.75, 3.05) is 5.32 Å². The second kappa shape index (κ2) is 5.69. The van der Waals surface area contributed by atoms with E-state index in [1.54, 1.807) is 6.07 Å². The van der Waals surface area contributed by atoms with Gasteiger partial charge >= 0.3 is 6.18 Å². The summed E-state index contributed by atoms with van der Waals surface area (Å²) in [6.07, 6.45) is -2.39. The van der Waals surface area contributed by atoms with Crippen LogP contribution in [0.5, 0.6) is 0 Å². The van der Waals surface area contributed by atoms with E-state index in [0.29, 0.717) is 17.3 Å². The highest BCUT2D eigenvalue weighted by Crippen LogP contribution is 2.39. The fourth-order valence-corrected chi connectivity index (χ4v) is 2.83. The molecule has 0 heterocycles. The Hall–Kier alpha value is -0.780. The van der Waals surface area contributed by atoms with Gasteiger partial charge in [-0.15, -0.1) is 0 Å². The van der Waals surface area contributed by atoms with Crippen LogP contribution in [-0.4, -0.2) is 12.2 Å². The van der Waals surface area contributed by atoms with Gasteiger partial charge in [0.25, 0.3) is 0 Å². The lowest BCUT2D eigenvalue weighted by atomic mass is 9.84. The van der Waals surface area contributed by atoms with Crippen LogP contribution in [0.25, 0.3) is 0 Å². The third kappa shape index (κ3) is 3.61. The first-order valence-corrected chi connectivity index (χ1v) is 6.95. The predicted molar refractivity (Wildman–Crippen MR) is 69.5 cm³/mol. The molecule has 19 heavy (non-hydrogen) atoms. The number of hydrogen-bond acceptors (Lipinski definition) is 1. The number of anilines is 1. The Morgan fingerprint density at radius 2 is 1.84 bits per heavy atom. The molecular weight excluding hydrogens is 326 g/mol. The van der Waals surface area contributed by atoms with E-state index < -0.39 is 24.0 Å². The number of nitrogens with one attached hydrogen (secondary N) is 1. The van der Waals surface area contributed by atoms with Crippen molar-refractivity contribution in [3.05, 3.63) is 28.5 Å². The van der Waals surface area contributed by atoms with Crippen molar-refractivity contribution >= 4 is 21.6 Å². The highest BCUT2D eigenvalue weighted by Gasteiger charge is 2.45. The van der Waals surface area contributed by atoms with E-state index in [4.69, 9.17) is 0 Å². The van der Waals surface area contributed by atoms with E-state index in [9.17, 15) is 17.6 Å². The molecule has 0 aromatic heterocycles. The van der Waals surface area contributed by atoms with Crippen LogP contribution in [0.1, 0.15) is 25.7 Å². The van der Waals surface area contributed by atoms with Gasteiger partial charge in [-0.3, -0.25) is 0 Å². The molecule has 1 nitrogen and oxygen atoms in total. The molecule has 0 spiro atoms. The van der Waals surface area contributed by atoms with Crippen molar-refractivity contribution in [3.8, 4) is 0 Å². The minimum atomic E-state index is -4.23. The Morgan fingerprint density at radius 3 is 2.47 bits per heavy atom. The molecule has 0 radical (unpaired) electrons. The van der Waals surface area contributed by atoms with Crippen LogP contribution in [0.4, 0.5) is 23.2 Å². The fourth-order valence-electron chi connectivity index (χ4n) is 2.50. The maximum absolute atomic E-state index is 13.7. The van der Waals surface area contributed by atoms with Crippen molar-refractivity contribution in [2.45, 2.75) is 37.9 Å². The molecule has 1 aromatic rings. The first-order chi connectivity index (χ1) is 8.88. The lowest BCUT2D eigenvalue weighted by Gasteiger charge is -2.34. The van der Waals surface area contributed by atoms with Crippen LogP contribution in [-0.2, 0) is 0 Å². The Morgan fingerprint density at radius 1 is 1.16 bits per heavy atom. The molecule has 1 N–H and O–H groups in total. The molecule has 0 amide bonds. The van der Waals surface area contributed by atoms with Gasteiger partial charge < -0.3 is 5.32 Å². The zero-order chi connectivity index (χ0) is 14.0. The Labute approximate surface area is 117 Å². The Kier molecular flexibility index (Phi) is 4.38. The van der Waals surface area contributed by atoms with Crippen LogP contribution in [0.2, 0.25) is 0 Å². The highest BCUT2D eigenvalue weighted by atomic mass is 79.9. The standard InChI is InChI=1S/C13H14BrF4N/c14-8-5-6-12(10(15)7-8)19-11-4-2-1-3-9(11)13(16,17)18/h5-7,9,11,19H,1-4H2. The monoisotopic (exact) mass is 339 g/mol. The second-order valence-electron chi connectivity index (χ2n) is 4.81. The van der Waals surface area contributed by atoms with Crippen LogP contribution in [0.3, 0.4) is 0 Å². The van der Waals surface area contributed by atoms with Crippen molar-refractivity contribution in [1.82, 2.24) is 0 Å². The van der Waals surface area contributed by atoms with Gasteiger partial charge in [-0.05, 0) is 31.0 Å². The average molecular weight is 340 g/mol. The third-order valence-electron chi connectivity index (χ3n) is 3.46. The molecule has 2 rings (SSSR count). The van der Waals surface area contributed by atoms with Crippen molar-refractivity contribution in [2.24, 2.45) is 5.92 Å². The van der Waals surface area contributed by atoms with Gasteiger partial charge in [0.05, 0.1) is 11.6 Å². The molecule has 1 aliphatic rings. The van der Waals surface area contributed by atoms with Gasteiger partial charge in [-0.2, -0.15) is 13.2 Å². The largest absolute Gasteiger partial charge is 0.393 e. The van der Waals surface area contributed by atoms with E-state index in [1.165, 1.54) is 12.1 Å². The van der Waals surface area contributed by atoms with Crippen molar-refractivity contribution < 1.29 is 17.6 Å². The summed E-state index contributed by atoms with van der Waals surface area (Å²) in [5, 5.41) is 2.72. The molecule has 1 aliphatic carbocycles. The first kappa shape index (κ1) is 14.6. The molecule has 2 atom stereocenters. The molecule has 1 aromatic carbocycles. The van der Waals surface area contributed by atoms with Gasteiger partial charge in [-0.1, -0.05) is 28.8 Å². The number of rotatable bonds is 2. The molecule has 1 fully saturated rings. The van der Waals surface area contributed by atoms with Crippen LogP contribution < -0.4 is 5.32 Å². The maximum atomic E-state index is 13.7. The zero-order valence-electron chi connectivity index (χ0n) is 10.1. The predicted octanol–water partition coefficient (Wildman–Crippen LogP) is 5.12. The summed E-state index contributed by atoms with van der Waals surface area (Å²) in [6.45, 7) is 0. The van der Waals surface area contributed by atoms with Crippen LogP contribution in [0.15, 0.2) is 22.7 Å². The molecule has 1 saturated carbocycles.